The second kappa shape index (κ2) is 9.01. The summed E-state index contributed by atoms with van der Waals surface area (Å²) >= 11 is 5.30. The number of ether oxygens (including phenoxy) is 4. The molecule has 8 nitrogen and oxygen atoms in total. The van der Waals surface area contributed by atoms with E-state index in [1.807, 2.05) is 19.1 Å². The second-order valence-electron chi connectivity index (χ2n) is 6.05. The Balaban J connectivity index is 1.91. The molecule has 1 N–H and O–H groups in total. The van der Waals surface area contributed by atoms with Crippen LogP contribution in [-0.4, -0.2) is 48.5 Å². The molecule has 2 heterocycles. The Labute approximate surface area is 163 Å². The van der Waals surface area contributed by atoms with Gasteiger partial charge in [0.2, 0.25) is 10.5 Å². The van der Waals surface area contributed by atoms with Crippen molar-refractivity contribution in [3.8, 4) is 17.2 Å². The number of nitrogens with zero attached hydrogens (tertiary/aromatic N) is 3. The van der Waals surface area contributed by atoms with Gasteiger partial charge in [-0.15, -0.1) is 0 Å². The van der Waals surface area contributed by atoms with E-state index in [0.29, 0.717) is 34.5 Å². The lowest BCUT2D eigenvalue weighted by atomic mass is 10.2. The minimum absolute atomic E-state index is 0.0935. The van der Waals surface area contributed by atoms with E-state index in [0.717, 1.165) is 31.4 Å². The third kappa shape index (κ3) is 4.30. The number of benzene rings is 1. The Bertz CT molecular complexity index is 830. The maximum atomic E-state index is 5.76. The summed E-state index contributed by atoms with van der Waals surface area (Å²) in [4.78, 5) is 0. The highest BCUT2D eigenvalue weighted by Crippen LogP contribution is 2.38. The molecule has 1 aliphatic heterocycles. The molecular weight excluding hydrogens is 368 g/mol. The first kappa shape index (κ1) is 19.4. The zero-order valence-electron chi connectivity index (χ0n) is 15.7. The lowest BCUT2D eigenvalue weighted by Gasteiger charge is -2.14. The molecule has 1 aromatic carbocycles. The zero-order valence-corrected chi connectivity index (χ0v) is 16.5. The molecule has 3 rings (SSSR count). The van der Waals surface area contributed by atoms with Gasteiger partial charge in [0.25, 0.3) is 0 Å². The average molecular weight is 392 g/mol. The lowest BCUT2D eigenvalue weighted by molar-refractivity contribution is 0.102. The molecule has 0 radical (unpaired) electrons. The molecule has 0 spiro atoms. The van der Waals surface area contributed by atoms with Crippen LogP contribution in [0.15, 0.2) is 17.2 Å². The third-order valence-electron chi connectivity index (χ3n) is 4.15. The number of hydrogen-bond donors (Lipinski definition) is 1. The van der Waals surface area contributed by atoms with Crippen molar-refractivity contribution in [3.05, 3.63) is 28.3 Å². The third-order valence-corrected chi connectivity index (χ3v) is 4.41. The van der Waals surface area contributed by atoms with Crippen molar-refractivity contribution in [3.63, 3.8) is 0 Å². The van der Waals surface area contributed by atoms with Crippen LogP contribution in [0.1, 0.15) is 43.7 Å². The standard InChI is InChI=1S/C18H24N4O4S/c1-4-7-26-16-14(23-2)9-12(10-15(16)24-3)11-19-22-17(20-21-18(22)27)13-6-5-8-25-13/h9-11,13H,4-8H2,1-3H3,(H,21,27)/b19-11-. The van der Waals surface area contributed by atoms with Crippen molar-refractivity contribution in [2.24, 2.45) is 5.10 Å². The van der Waals surface area contributed by atoms with Gasteiger partial charge < -0.3 is 18.9 Å². The molecule has 0 bridgehead atoms. The van der Waals surface area contributed by atoms with E-state index < -0.39 is 0 Å². The van der Waals surface area contributed by atoms with Gasteiger partial charge in [-0.2, -0.15) is 14.9 Å². The first-order chi connectivity index (χ1) is 13.2. The van der Waals surface area contributed by atoms with E-state index in [4.69, 9.17) is 31.2 Å². The molecule has 1 saturated heterocycles. The first-order valence-corrected chi connectivity index (χ1v) is 9.30. The fraction of sp³-hybridized carbons (Fsp3) is 0.500. The van der Waals surface area contributed by atoms with Crippen molar-refractivity contribution in [2.45, 2.75) is 32.3 Å². The molecule has 0 amide bonds. The molecule has 27 heavy (non-hydrogen) atoms. The highest BCUT2D eigenvalue weighted by molar-refractivity contribution is 7.71. The van der Waals surface area contributed by atoms with Gasteiger partial charge in [-0.25, -0.2) is 0 Å². The van der Waals surface area contributed by atoms with Crippen LogP contribution < -0.4 is 14.2 Å². The minimum atomic E-state index is -0.0935. The monoisotopic (exact) mass is 392 g/mol. The fourth-order valence-corrected chi connectivity index (χ4v) is 3.04. The van der Waals surface area contributed by atoms with Gasteiger partial charge in [0.05, 0.1) is 27.0 Å². The van der Waals surface area contributed by atoms with Crippen molar-refractivity contribution in [1.82, 2.24) is 14.9 Å². The van der Waals surface area contributed by atoms with E-state index >= 15 is 0 Å². The minimum Gasteiger partial charge on any atom is -0.493 e. The quantitative estimate of drug-likeness (QED) is 0.547. The summed E-state index contributed by atoms with van der Waals surface area (Å²) in [6.07, 6.45) is 4.38. The van der Waals surface area contributed by atoms with Gasteiger partial charge in [-0.1, -0.05) is 6.92 Å². The lowest BCUT2D eigenvalue weighted by Crippen LogP contribution is -2.05. The number of aromatic amines is 1. The van der Waals surface area contributed by atoms with E-state index in [1.165, 1.54) is 0 Å². The molecule has 146 valence electrons. The van der Waals surface area contributed by atoms with Crippen LogP contribution in [0.2, 0.25) is 0 Å². The van der Waals surface area contributed by atoms with Crippen molar-refractivity contribution in [1.29, 1.82) is 0 Å². The van der Waals surface area contributed by atoms with Gasteiger partial charge in [0.1, 0.15) is 6.10 Å². The van der Waals surface area contributed by atoms with E-state index in [9.17, 15) is 0 Å². The van der Waals surface area contributed by atoms with E-state index in [2.05, 4.69) is 15.3 Å². The molecular formula is C18H24N4O4S. The Morgan fingerprint density at radius 2 is 2.11 bits per heavy atom. The Morgan fingerprint density at radius 3 is 2.70 bits per heavy atom. The van der Waals surface area contributed by atoms with Crippen LogP contribution in [0.5, 0.6) is 17.2 Å². The molecule has 0 aliphatic carbocycles. The summed E-state index contributed by atoms with van der Waals surface area (Å²) in [5.74, 6) is 2.42. The molecule has 9 heteroatoms. The average Bonchev–Trinajstić information content (AvgIpc) is 3.34. The highest BCUT2D eigenvalue weighted by atomic mass is 32.1. The molecule has 1 atom stereocenters. The summed E-state index contributed by atoms with van der Waals surface area (Å²) in [6.45, 7) is 3.34. The molecule has 1 fully saturated rings. The Kier molecular flexibility index (Phi) is 6.46. The molecule has 2 aromatic rings. The van der Waals surface area contributed by atoms with Gasteiger partial charge >= 0.3 is 0 Å². The summed E-state index contributed by atoms with van der Waals surface area (Å²) in [5, 5.41) is 11.5. The number of hydrogen-bond acceptors (Lipinski definition) is 7. The fourth-order valence-electron chi connectivity index (χ4n) is 2.85. The summed E-state index contributed by atoms with van der Waals surface area (Å²) in [5.41, 5.74) is 0.786. The topological polar surface area (TPSA) is 82.9 Å². The predicted octanol–water partition coefficient (Wildman–Crippen LogP) is 3.48. The van der Waals surface area contributed by atoms with Crippen LogP contribution in [0.25, 0.3) is 0 Å². The maximum Gasteiger partial charge on any atom is 0.216 e. The van der Waals surface area contributed by atoms with Crippen molar-refractivity contribution in [2.75, 3.05) is 27.4 Å². The van der Waals surface area contributed by atoms with Crippen LogP contribution in [0, 0.1) is 4.77 Å². The van der Waals surface area contributed by atoms with Gasteiger partial charge in [-0.05, 0) is 43.6 Å². The van der Waals surface area contributed by atoms with Crippen LogP contribution >= 0.6 is 12.2 Å². The van der Waals surface area contributed by atoms with Crippen LogP contribution in [0.4, 0.5) is 0 Å². The number of H-pyrrole nitrogens is 1. The van der Waals surface area contributed by atoms with Crippen molar-refractivity contribution >= 4 is 18.4 Å². The van der Waals surface area contributed by atoms with E-state index in [1.54, 1.807) is 25.1 Å². The SMILES string of the molecule is CCCOc1c(OC)cc(/C=N\n2c(C3CCCO3)n[nH]c2=S)cc1OC. The van der Waals surface area contributed by atoms with Gasteiger partial charge in [0.15, 0.2) is 17.3 Å². The first-order valence-electron chi connectivity index (χ1n) is 8.90. The van der Waals surface area contributed by atoms with Crippen LogP contribution in [0.3, 0.4) is 0 Å². The Morgan fingerprint density at radius 1 is 1.37 bits per heavy atom. The Hall–Kier alpha value is -2.39. The number of aromatic nitrogens is 3. The summed E-state index contributed by atoms with van der Waals surface area (Å²) < 4.78 is 24.4. The zero-order chi connectivity index (χ0) is 19.2. The largest absolute Gasteiger partial charge is 0.493 e. The smallest absolute Gasteiger partial charge is 0.216 e. The van der Waals surface area contributed by atoms with Crippen molar-refractivity contribution < 1.29 is 18.9 Å². The molecule has 1 aliphatic rings. The maximum absolute atomic E-state index is 5.76. The summed E-state index contributed by atoms with van der Waals surface area (Å²) in [7, 11) is 3.19. The normalized spacial score (nSPS) is 16.8. The molecule has 0 saturated carbocycles. The number of rotatable bonds is 8. The van der Waals surface area contributed by atoms with Gasteiger partial charge in [0, 0.05) is 12.2 Å². The van der Waals surface area contributed by atoms with E-state index in [-0.39, 0.29) is 6.10 Å². The predicted molar refractivity (Wildman–Crippen MR) is 104 cm³/mol. The number of methoxy groups -OCH3 is 2. The van der Waals surface area contributed by atoms with Gasteiger partial charge in [-0.3, -0.25) is 5.10 Å². The van der Waals surface area contributed by atoms with Crippen LogP contribution in [-0.2, 0) is 4.74 Å². The second-order valence-corrected chi connectivity index (χ2v) is 6.43. The molecule has 1 unspecified atom stereocenters. The highest BCUT2D eigenvalue weighted by Gasteiger charge is 2.23. The molecule has 1 aromatic heterocycles. The summed E-state index contributed by atoms with van der Waals surface area (Å²) in [6, 6.07) is 3.68. The number of nitrogens with one attached hydrogen (secondary N) is 1.